The molecule has 2 aromatic rings. The van der Waals surface area contributed by atoms with Gasteiger partial charge in [-0.05, 0) is 36.6 Å². The van der Waals surface area contributed by atoms with E-state index < -0.39 is 0 Å². The molecule has 2 aromatic carbocycles. The fraction of sp³-hybridized carbons (Fsp3) is 0.278. The Morgan fingerprint density at radius 1 is 1.14 bits per heavy atom. The summed E-state index contributed by atoms with van der Waals surface area (Å²) < 4.78 is 0. The van der Waals surface area contributed by atoms with Crippen LogP contribution in [0.15, 0.2) is 48.5 Å². The molecule has 2 N–H and O–H groups in total. The largest absolute Gasteiger partial charge is 0.398 e. The third-order valence-electron chi connectivity index (χ3n) is 3.64. The number of halogens is 1. The first-order valence-corrected chi connectivity index (χ1v) is 7.83. The van der Waals surface area contributed by atoms with Crippen molar-refractivity contribution in [3.05, 3.63) is 64.7 Å². The molecule has 0 aliphatic carbocycles. The van der Waals surface area contributed by atoms with Crippen LogP contribution in [0.3, 0.4) is 0 Å². The molecule has 0 spiro atoms. The summed E-state index contributed by atoms with van der Waals surface area (Å²) in [5.74, 6) is 0.153. The predicted octanol–water partition coefficient (Wildman–Crippen LogP) is 3.90. The summed E-state index contributed by atoms with van der Waals surface area (Å²) in [5.41, 5.74) is 8.53. The Morgan fingerprint density at radius 3 is 2.50 bits per heavy atom. The highest BCUT2D eigenvalue weighted by molar-refractivity contribution is 6.33. The van der Waals surface area contributed by atoms with Crippen molar-refractivity contribution in [2.75, 3.05) is 12.3 Å². The number of nitrogens with zero attached hydrogens (tertiary/aromatic N) is 1. The van der Waals surface area contributed by atoms with Crippen molar-refractivity contribution in [3.8, 4) is 0 Å². The van der Waals surface area contributed by atoms with Crippen molar-refractivity contribution in [2.45, 2.75) is 26.3 Å². The molecular weight excluding hydrogens is 296 g/mol. The van der Waals surface area contributed by atoms with Gasteiger partial charge in [-0.3, -0.25) is 4.79 Å². The maximum absolute atomic E-state index is 12.4. The van der Waals surface area contributed by atoms with Crippen LogP contribution in [0.2, 0.25) is 5.02 Å². The molecule has 0 atom stereocenters. The summed E-state index contributed by atoms with van der Waals surface area (Å²) in [7, 11) is 0. The summed E-state index contributed by atoms with van der Waals surface area (Å²) >= 11 is 5.91. The summed E-state index contributed by atoms with van der Waals surface area (Å²) in [6, 6.07) is 15.6. The number of hydrogen-bond donors (Lipinski definition) is 1. The summed E-state index contributed by atoms with van der Waals surface area (Å²) in [5, 5.41) is 0.550. The number of amides is 1. The van der Waals surface area contributed by atoms with Gasteiger partial charge in [-0.15, -0.1) is 0 Å². The van der Waals surface area contributed by atoms with Crippen LogP contribution in [0.4, 0.5) is 5.69 Å². The van der Waals surface area contributed by atoms with Crippen LogP contribution in [0.5, 0.6) is 0 Å². The zero-order chi connectivity index (χ0) is 15.9. The van der Waals surface area contributed by atoms with Crippen LogP contribution in [0, 0.1) is 0 Å². The van der Waals surface area contributed by atoms with E-state index in [1.54, 1.807) is 6.07 Å². The molecule has 0 fully saturated rings. The predicted molar refractivity (Wildman–Crippen MR) is 91.7 cm³/mol. The lowest BCUT2D eigenvalue weighted by atomic mass is 10.1. The van der Waals surface area contributed by atoms with E-state index in [1.165, 1.54) is 0 Å². The van der Waals surface area contributed by atoms with E-state index in [-0.39, 0.29) is 5.91 Å². The smallest absolute Gasteiger partial charge is 0.223 e. The molecule has 0 aliphatic rings. The van der Waals surface area contributed by atoms with Crippen LogP contribution in [-0.4, -0.2) is 17.4 Å². The maximum atomic E-state index is 12.4. The Morgan fingerprint density at radius 2 is 1.86 bits per heavy atom. The highest BCUT2D eigenvalue weighted by atomic mass is 35.5. The lowest BCUT2D eigenvalue weighted by Gasteiger charge is -2.21. The highest BCUT2D eigenvalue weighted by Crippen LogP contribution is 2.20. The molecule has 2 rings (SSSR count). The van der Waals surface area contributed by atoms with E-state index in [4.69, 9.17) is 17.3 Å². The number of carbonyl (C=O) groups excluding carboxylic acids is 1. The topological polar surface area (TPSA) is 46.3 Å². The molecule has 4 heteroatoms. The van der Waals surface area contributed by atoms with E-state index in [0.717, 1.165) is 11.1 Å². The van der Waals surface area contributed by atoms with E-state index in [9.17, 15) is 4.79 Å². The Balaban J connectivity index is 1.93. The molecule has 116 valence electrons. The second-order valence-electron chi connectivity index (χ2n) is 5.25. The molecule has 0 bridgehead atoms. The number of aryl methyl sites for hydroxylation is 1. The number of benzene rings is 2. The molecule has 1 amide bonds. The van der Waals surface area contributed by atoms with Crippen LogP contribution < -0.4 is 5.73 Å². The van der Waals surface area contributed by atoms with Gasteiger partial charge in [0.2, 0.25) is 5.91 Å². The van der Waals surface area contributed by atoms with E-state index in [0.29, 0.717) is 36.6 Å². The molecular formula is C18H21ClN2O. The van der Waals surface area contributed by atoms with Gasteiger partial charge in [0.05, 0.1) is 10.7 Å². The second kappa shape index (κ2) is 7.85. The number of nitrogens with two attached hydrogens (primary N) is 1. The van der Waals surface area contributed by atoms with Crippen LogP contribution >= 0.6 is 11.6 Å². The fourth-order valence-electron chi connectivity index (χ4n) is 2.34. The van der Waals surface area contributed by atoms with Gasteiger partial charge in [0.1, 0.15) is 0 Å². The first kappa shape index (κ1) is 16.4. The fourth-order valence-corrected chi connectivity index (χ4v) is 2.46. The summed E-state index contributed by atoms with van der Waals surface area (Å²) in [6.07, 6.45) is 1.15. The molecule has 3 nitrogen and oxygen atoms in total. The average molecular weight is 317 g/mol. The van der Waals surface area contributed by atoms with Gasteiger partial charge < -0.3 is 10.6 Å². The minimum absolute atomic E-state index is 0.153. The van der Waals surface area contributed by atoms with Crippen LogP contribution in [0.25, 0.3) is 0 Å². The minimum Gasteiger partial charge on any atom is -0.398 e. The Hall–Kier alpha value is -2.00. The van der Waals surface area contributed by atoms with Crippen molar-refractivity contribution in [2.24, 2.45) is 0 Å². The van der Waals surface area contributed by atoms with Gasteiger partial charge in [0.25, 0.3) is 0 Å². The third-order valence-corrected chi connectivity index (χ3v) is 3.98. The Bertz CT molecular complexity index is 628. The molecule has 0 radical (unpaired) electrons. The van der Waals surface area contributed by atoms with Gasteiger partial charge in [0.15, 0.2) is 0 Å². The van der Waals surface area contributed by atoms with Gasteiger partial charge >= 0.3 is 0 Å². The van der Waals surface area contributed by atoms with Crippen molar-refractivity contribution >= 4 is 23.2 Å². The second-order valence-corrected chi connectivity index (χ2v) is 5.66. The SMILES string of the molecule is CCN(Cc1ccccc1)C(=O)CCc1ccc(Cl)c(N)c1. The quantitative estimate of drug-likeness (QED) is 0.821. The molecule has 0 saturated carbocycles. The van der Waals surface area contributed by atoms with Crippen LogP contribution in [-0.2, 0) is 17.8 Å². The number of nitrogen functional groups attached to an aromatic ring is 1. The molecule has 0 unspecified atom stereocenters. The summed E-state index contributed by atoms with van der Waals surface area (Å²) in [6.45, 7) is 3.36. The maximum Gasteiger partial charge on any atom is 0.223 e. The first-order valence-electron chi connectivity index (χ1n) is 7.45. The van der Waals surface area contributed by atoms with Crippen molar-refractivity contribution in [1.29, 1.82) is 0 Å². The molecule has 0 saturated heterocycles. The van der Waals surface area contributed by atoms with Crippen LogP contribution in [0.1, 0.15) is 24.5 Å². The lowest BCUT2D eigenvalue weighted by Crippen LogP contribution is -2.30. The molecule has 0 aromatic heterocycles. The molecule has 0 heterocycles. The van der Waals surface area contributed by atoms with Gasteiger partial charge in [-0.25, -0.2) is 0 Å². The molecule has 22 heavy (non-hydrogen) atoms. The van der Waals surface area contributed by atoms with Gasteiger partial charge in [-0.1, -0.05) is 48.0 Å². The first-order chi connectivity index (χ1) is 10.6. The normalized spacial score (nSPS) is 10.5. The molecule has 0 aliphatic heterocycles. The summed E-state index contributed by atoms with van der Waals surface area (Å²) in [4.78, 5) is 14.2. The third kappa shape index (κ3) is 4.50. The van der Waals surface area contributed by atoms with Crippen molar-refractivity contribution in [3.63, 3.8) is 0 Å². The average Bonchev–Trinajstić information content (AvgIpc) is 2.54. The van der Waals surface area contributed by atoms with Crippen molar-refractivity contribution < 1.29 is 4.79 Å². The highest BCUT2D eigenvalue weighted by Gasteiger charge is 2.12. The van der Waals surface area contributed by atoms with E-state index >= 15 is 0 Å². The van der Waals surface area contributed by atoms with E-state index in [1.807, 2.05) is 54.3 Å². The number of rotatable bonds is 6. The van der Waals surface area contributed by atoms with Gasteiger partial charge in [-0.2, -0.15) is 0 Å². The minimum atomic E-state index is 0.153. The Labute approximate surface area is 136 Å². The zero-order valence-electron chi connectivity index (χ0n) is 12.8. The zero-order valence-corrected chi connectivity index (χ0v) is 13.5. The van der Waals surface area contributed by atoms with Gasteiger partial charge in [0, 0.05) is 19.5 Å². The lowest BCUT2D eigenvalue weighted by molar-refractivity contribution is -0.131. The van der Waals surface area contributed by atoms with E-state index in [2.05, 4.69) is 0 Å². The number of anilines is 1. The number of hydrogen-bond acceptors (Lipinski definition) is 2. The monoisotopic (exact) mass is 316 g/mol. The van der Waals surface area contributed by atoms with Crippen molar-refractivity contribution in [1.82, 2.24) is 4.90 Å². The Kier molecular flexibility index (Phi) is 5.84. The standard InChI is InChI=1S/C18H21ClN2O/c1-2-21(13-15-6-4-3-5-7-15)18(22)11-9-14-8-10-16(19)17(20)12-14/h3-8,10,12H,2,9,11,13,20H2,1H3. The number of carbonyl (C=O) groups is 1.